The van der Waals surface area contributed by atoms with E-state index in [2.05, 4.69) is 10.5 Å². The van der Waals surface area contributed by atoms with Crippen molar-refractivity contribution in [1.29, 1.82) is 0 Å². The Morgan fingerprint density at radius 1 is 0.931 bits per heavy atom. The number of hydrazone groups is 1. The maximum absolute atomic E-state index is 12.3. The lowest BCUT2D eigenvalue weighted by molar-refractivity contribution is 0.0954. The number of nitrogens with zero attached hydrogens (tertiary/aromatic N) is 1. The summed E-state index contributed by atoms with van der Waals surface area (Å²) in [4.78, 5) is 12.3. The maximum Gasteiger partial charge on any atom is 0.271 e. The van der Waals surface area contributed by atoms with Crippen molar-refractivity contribution in [2.45, 2.75) is 6.61 Å². The van der Waals surface area contributed by atoms with Crippen molar-refractivity contribution in [2.24, 2.45) is 5.10 Å². The van der Waals surface area contributed by atoms with E-state index in [-0.39, 0.29) is 5.91 Å². The van der Waals surface area contributed by atoms with Crippen LogP contribution in [0.25, 0.3) is 0 Å². The van der Waals surface area contributed by atoms with Crippen molar-refractivity contribution in [1.82, 2.24) is 5.43 Å². The number of hydrogen-bond acceptors (Lipinski definition) is 5. The molecule has 0 atom stereocenters. The van der Waals surface area contributed by atoms with Crippen LogP contribution in [0.2, 0.25) is 0 Å². The molecule has 6 heteroatoms. The molecule has 0 heterocycles. The van der Waals surface area contributed by atoms with Crippen molar-refractivity contribution in [2.75, 3.05) is 14.2 Å². The Morgan fingerprint density at radius 2 is 1.72 bits per heavy atom. The summed E-state index contributed by atoms with van der Waals surface area (Å²) >= 11 is 0. The van der Waals surface area contributed by atoms with Crippen molar-refractivity contribution in [3.05, 3.63) is 89.5 Å². The molecule has 3 aromatic carbocycles. The molecule has 3 rings (SSSR count). The number of ether oxygens (including phenoxy) is 3. The molecule has 6 nitrogen and oxygen atoms in total. The fourth-order valence-electron chi connectivity index (χ4n) is 2.63. The van der Waals surface area contributed by atoms with E-state index in [0.717, 1.165) is 16.9 Å². The first-order valence-electron chi connectivity index (χ1n) is 9.02. The molecular weight excluding hydrogens is 368 g/mol. The molecule has 0 aromatic heterocycles. The molecule has 0 bridgehead atoms. The van der Waals surface area contributed by atoms with Crippen LogP contribution in [-0.2, 0) is 6.61 Å². The number of carbonyl (C=O) groups is 1. The van der Waals surface area contributed by atoms with Crippen LogP contribution < -0.4 is 19.6 Å². The lowest BCUT2D eigenvalue weighted by atomic mass is 10.2. The summed E-state index contributed by atoms with van der Waals surface area (Å²) in [5, 5.41) is 4.02. The molecule has 0 fully saturated rings. The SMILES string of the molecule is COc1ccc(C(=O)NN=Cc2cccc(OCc3ccccc3)c2)cc1OC. The fraction of sp³-hybridized carbons (Fsp3) is 0.130. The van der Waals surface area contributed by atoms with Crippen LogP contribution in [0.15, 0.2) is 77.9 Å². The molecule has 0 aliphatic heterocycles. The smallest absolute Gasteiger partial charge is 0.271 e. The Morgan fingerprint density at radius 3 is 2.48 bits per heavy atom. The Bertz CT molecular complexity index is 987. The van der Waals surface area contributed by atoms with Gasteiger partial charge in [0, 0.05) is 5.56 Å². The third kappa shape index (κ3) is 5.59. The lowest BCUT2D eigenvalue weighted by Crippen LogP contribution is -2.17. The van der Waals surface area contributed by atoms with E-state index in [4.69, 9.17) is 14.2 Å². The number of rotatable bonds is 8. The zero-order valence-corrected chi connectivity index (χ0v) is 16.3. The van der Waals surface area contributed by atoms with Crippen LogP contribution in [-0.4, -0.2) is 26.3 Å². The second kappa shape index (κ2) is 9.94. The molecule has 0 saturated carbocycles. The minimum Gasteiger partial charge on any atom is -0.493 e. The molecule has 29 heavy (non-hydrogen) atoms. The van der Waals surface area contributed by atoms with E-state index in [9.17, 15) is 4.79 Å². The number of amides is 1. The van der Waals surface area contributed by atoms with Gasteiger partial charge >= 0.3 is 0 Å². The molecule has 0 aliphatic carbocycles. The van der Waals surface area contributed by atoms with Crippen LogP contribution in [0.4, 0.5) is 0 Å². The summed E-state index contributed by atoms with van der Waals surface area (Å²) in [6, 6.07) is 22.3. The van der Waals surface area contributed by atoms with Gasteiger partial charge in [0.2, 0.25) is 0 Å². The molecular formula is C23H22N2O4. The standard InChI is InChI=1S/C23H22N2O4/c1-27-21-12-11-19(14-22(21)28-2)23(26)25-24-15-18-9-6-10-20(13-18)29-16-17-7-4-3-5-8-17/h3-15H,16H2,1-2H3,(H,25,26). The topological polar surface area (TPSA) is 69.2 Å². The van der Waals surface area contributed by atoms with Crippen molar-refractivity contribution in [3.8, 4) is 17.2 Å². The second-order valence-electron chi connectivity index (χ2n) is 6.12. The van der Waals surface area contributed by atoms with Gasteiger partial charge in [-0.25, -0.2) is 5.43 Å². The Balaban J connectivity index is 1.59. The molecule has 148 valence electrons. The van der Waals surface area contributed by atoms with Gasteiger partial charge in [0.25, 0.3) is 5.91 Å². The fourth-order valence-corrected chi connectivity index (χ4v) is 2.63. The quantitative estimate of drug-likeness (QED) is 0.465. The predicted octanol–water partition coefficient (Wildman–Crippen LogP) is 4.05. The second-order valence-corrected chi connectivity index (χ2v) is 6.12. The first kappa shape index (κ1) is 19.9. The number of hydrogen-bond donors (Lipinski definition) is 1. The van der Waals surface area contributed by atoms with Crippen LogP contribution >= 0.6 is 0 Å². The van der Waals surface area contributed by atoms with Gasteiger partial charge in [-0.1, -0.05) is 42.5 Å². The number of benzene rings is 3. The summed E-state index contributed by atoms with van der Waals surface area (Å²) in [7, 11) is 3.06. The van der Waals surface area contributed by atoms with Gasteiger partial charge < -0.3 is 14.2 Å². The molecule has 0 saturated heterocycles. The van der Waals surface area contributed by atoms with Crippen LogP contribution in [0.1, 0.15) is 21.5 Å². The van der Waals surface area contributed by atoms with Crippen molar-refractivity contribution < 1.29 is 19.0 Å². The Labute approximate surface area is 169 Å². The molecule has 0 aliphatic rings. The molecule has 0 spiro atoms. The first-order chi connectivity index (χ1) is 14.2. The van der Waals surface area contributed by atoms with Crippen LogP contribution in [0.3, 0.4) is 0 Å². The number of methoxy groups -OCH3 is 2. The average molecular weight is 390 g/mol. The average Bonchev–Trinajstić information content (AvgIpc) is 2.78. The zero-order valence-electron chi connectivity index (χ0n) is 16.3. The number of nitrogens with one attached hydrogen (secondary N) is 1. The van der Waals surface area contributed by atoms with Gasteiger partial charge in [-0.05, 0) is 41.5 Å². The van der Waals surface area contributed by atoms with Gasteiger partial charge in [0.05, 0.1) is 20.4 Å². The van der Waals surface area contributed by atoms with E-state index in [1.807, 2.05) is 54.6 Å². The first-order valence-corrected chi connectivity index (χ1v) is 9.02. The van der Waals surface area contributed by atoms with E-state index in [1.165, 1.54) is 7.11 Å². The number of carbonyl (C=O) groups excluding carboxylic acids is 1. The third-order valence-corrected chi connectivity index (χ3v) is 4.13. The highest BCUT2D eigenvalue weighted by Crippen LogP contribution is 2.27. The molecule has 1 N–H and O–H groups in total. The summed E-state index contributed by atoms with van der Waals surface area (Å²) in [6.07, 6.45) is 1.56. The summed E-state index contributed by atoms with van der Waals surface area (Å²) in [6.45, 7) is 0.484. The van der Waals surface area contributed by atoms with E-state index < -0.39 is 0 Å². The highest BCUT2D eigenvalue weighted by atomic mass is 16.5. The monoisotopic (exact) mass is 390 g/mol. The predicted molar refractivity (Wildman–Crippen MR) is 112 cm³/mol. The maximum atomic E-state index is 12.3. The van der Waals surface area contributed by atoms with E-state index in [1.54, 1.807) is 31.5 Å². The molecule has 3 aromatic rings. The van der Waals surface area contributed by atoms with Gasteiger partial charge in [0.1, 0.15) is 12.4 Å². The van der Waals surface area contributed by atoms with Gasteiger partial charge in [-0.15, -0.1) is 0 Å². The third-order valence-electron chi connectivity index (χ3n) is 4.13. The molecule has 1 amide bonds. The van der Waals surface area contributed by atoms with E-state index >= 15 is 0 Å². The Hall–Kier alpha value is -3.80. The largest absolute Gasteiger partial charge is 0.493 e. The van der Waals surface area contributed by atoms with Gasteiger partial charge in [-0.3, -0.25) is 4.79 Å². The summed E-state index contributed by atoms with van der Waals surface area (Å²) in [5.74, 6) is 1.41. The van der Waals surface area contributed by atoms with E-state index in [0.29, 0.717) is 23.7 Å². The van der Waals surface area contributed by atoms with Crippen LogP contribution in [0, 0.1) is 0 Å². The highest BCUT2D eigenvalue weighted by molar-refractivity contribution is 5.95. The molecule has 0 radical (unpaired) electrons. The Kier molecular flexibility index (Phi) is 6.84. The summed E-state index contributed by atoms with van der Waals surface area (Å²) < 4.78 is 16.2. The van der Waals surface area contributed by atoms with Crippen LogP contribution in [0.5, 0.6) is 17.2 Å². The minimum absolute atomic E-state index is 0.348. The van der Waals surface area contributed by atoms with Gasteiger partial charge in [0.15, 0.2) is 11.5 Å². The lowest BCUT2D eigenvalue weighted by Gasteiger charge is -2.08. The summed E-state index contributed by atoms with van der Waals surface area (Å²) in [5.41, 5.74) is 4.82. The van der Waals surface area contributed by atoms with Crippen molar-refractivity contribution in [3.63, 3.8) is 0 Å². The van der Waals surface area contributed by atoms with Crippen molar-refractivity contribution >= 4 is 12.1 Å². The minimum atomic E-state index is -0.348. The molecule has 0 unspecified atom stereocenters. The zero-order chi connectivity index (χ0) is 20.5. The highest BCUT2D eigenvalue weighted by Gasteiger charge is 2.10. The normalized spacial score (nSPS) is 10.6. The van der Waals surface area contributed by atoms with Gasteiger partial charge in [-0.2, -0.15) is 5.10 Å².